The molecule has 0 radical (unpaired) electrons. The van der Waals surface area contributed by atoms with Crippen molar-refractivity contribution >= 4 is 5.87 Å². The van der Waals surface area contributed by atoms with E-state index in [2.05, 4.69) is 4.99 Å². The van der Waals surface area contributed by atoms with Gasteiger partial charge in [0.25, 0.3) is 0 Å². The Kier molecular flexibility index (Phi) is 1.50. The van der Waals surface area contributed by atoms with Gasteiger partial charge in [-0.15, -0.1) is 0 Å². The van der Waals surface area contributed by atoms with E-state index in [1.54, 1.807) is 0 Å². The predicted octanol–water partition coefficient (Wildman–Crippen LogP) is 1.83. The van der Waals surface area contributed by atoms with Crippen molar-refractivity contribution < 1.29 is 13.2 Å². The molecule has 52 valence electrons. The van der Waals surface area contributed by atoms with Gasteiger partial charge in [-0.05, 0) is 11.8 Å². The molecule has 0 aromatic rings. The Morgan fingerprint density at radius 1 is 1.40 bits per heavy atom. The molecule has 1 nitrogen and oxygen atoms in total. The molecule has 0 fully saturated rings. The largest absolute Gasteiger partial charge is 0.424 e. The normalized spacial score (nSPS) is 15.7. The first-order chi connectivity index (χ1) is 4.61. The second-order valence-corrected chi connectivity index (χ2v) is 1.59. The third-order valence-corrected chi connectivity index (χ3v) is 0.876. The van der Waals surface area contributed by atoms with E-state index in [4.69, 9.17) is 0 Å². The van der Waals surface area contributed by atoms with E-state index in [-0.39, 0.29) is 0 Å². The Hall–Kier alpha value is -1.24. The van der Waals surface area contributed by atoms with Gasteiger partial charge in [0.1, 0.15) is 5.57 Å². The summed E-state index contributed by atoms with van der Waals surface area (Å²) in [4.78, 5) is 3.28. The molecule has 0 amide bonds. The number of hydrogen-bond donors (Lipinski definition) is 0. The van der Waals surface area contributed by atoms with Crippen molar-refractivity contribution in [3.05, 3.63) is 23.6 Å². The summed E-state index contributed by atoms with van der Waals surface area (Å²) in [6.45, 7) is 0. The molecule has 0 aliphatic carbocycles. The molecule has 0 unspecified atom stereocenters. The molecule has 0 saturated carbocycles. The molecule has 1 aliphatic heterocycles. The van der Waals surface area contributed by atoms with Crippen molar-refractivity contribution in [2.24, 2.45) is 4.99 Å². The summed E-state index contributed by atoms with van der Waals surface area (Å²) in [7, 11) is 0. The van der Waals surface area contributed by atoms with E-state index in [1.807, 2.05) is 11.6 Å². The Bertz CT molecular complexity index is 259. The van der Waals surface area contributed by atoms with Crippen LogP contribution < -0.4 is 0 Å². The van der Waals surface area contributed by atoms with Gasteiger partial charge in [-0.25, -0.2) is 4.99 Å². The molecule has 1 heterocycles. The van der Waals surface area contributed by atoms with E-state index in [9.17, 15) is 13.2 Å². The molecule has 4 heteroatoms. The van der Waals surface area contributed by atoms with Gasteiger partial charge in [-0.2, -0.15) is 13.2 Å². The van der Waals surface area contributed by atoms with Crippen LogP contribution in [0.5, 0.6) is 0 Å². The maximum absolute atomic E-state index is 11.7. The third kappa shape index (κ3) is 1.38. The zero-order valence-corrected chi connectivity index (χ0v) is 4.74. The minimum atomic E-state index is -4.33. The highest BCUT2D eigenvalue weighted by atomic mass is 19.4. The van der Waals surface area contributed by atoms with Crippen molar-refractivity contribution in [3.8, 4) is 0 Å². The summed E-state index contributed by atoms with van der Waals surface area (Å²) in [6.07, 6.45) is -2.46. The summed E-state index contributed by atoms with van der Waals surface area (Å²) in [5.41, 5.74) is 1.00. The van der Waals surface area contributed by atoms with E-state index >= 15 is 0 Å². The first-order valence-electron chi connectivity index (χ1n) is 2.42. The number of nitrogens with zero attached hydrogens (tertiary/aromatic N) is 1. The van der Waals surface area contributed by atoms with Crippen LogP contribution in [-0.2, 0) is 0 Å². The van der Waals surface area contributed by atoms with E-state index in [1.165, 1.54) is 0 Å². The minimum absolute atomic E-state index is 0.844. The second kappa shape index (κ2) is 2.18. The van der Waals surface area contributed by atoms with Crippen LogP contribution >= 0.6 is 0 Å². The van der Waals surface area contributed by atoms with Gasteiger partial charge in [-0.1, -0.05) is 0 Å². The van der Waals surface area contributed by atoms with Crippen LogP contribution in [-0.4, -0.2) is 12.0 Å². The third-order valence-electron chi connectivity index (χ3n) is 0.876. The van der Waals surface area contributed by atoms with Crippen molar-refractivity contribution in [1.29, 1.82) is 0 Å². The second-order valence-electron chi connectivity index (χ2n) is 1.59. The smallest absolute Gasteiger partial charge is 0.206 e. The van der Waals surface area contributed by atoms with Crippen molar-refractivity contribution in [3.63, 3.8) is 0 Å². The fourth-order valence-electron chi connectivity index (χ4n) is 0.449. The molecule has 1 rings (SSSR count). The number of hydrogen-bond acceptors (Lipinski definition) is 1. The van der Waals surface area contributed by atoms with Crippen LogP contribution in [0.25, 0.3) is 0 Å². The van der Waals surface area contributed by atoms with Crippen LogP contribution in [0.1, 0.15) is 0 Å². The summed E-state index contributed by atoms with van der Waals surface area (Å²) in [5, 5.41) is 0. The molecule has 10 heavy (non-hydrogen) atoms. The molecule has 0 aromatic carbocycles. The molecule has 0 spiro atoms. The fourth-order valence-corrected chi connectivity index (χ4v) is 0.449. The first kappa shape index (κ1) is 6.87. The van der Waals surface area contributed by atoms with Crippen LogP contribution in [0.3, 0.4) is 0 Å². The lowest BCUT2D eigenvalue weighted by Crippen LogP contribution is -2.09. The van der Waals surface area contributed by atoms with E-state index in [0.717, 1.165) is 12.3 Å². The van der Waals surface area contributed by atoms with Crippen molar-refractivity contribution in [2.75, 3.05) is 0 Å². The highest BCUT2D eigenvalue weighted by molar-refractivity contribution is 5.56. The molecular weight excluding hydrogens is 143 g/mol. The first-order valence-corrected chi connectivity index (χ1v) is 2.42. The molecule has 0 bridgehead atoms. The number of aliphatic imine (C=N–C) groups is 1. The summed E-state index contributed by atoms with van der Waals surface area (Å²) in [5.74, 6) is 1.97. The maximum atomic E-state index is 11.7. The molecule has 0 N–H and O–H groups in total. The lowest BCUT2D eigenvalue weighted by Gasteiger charge is -2.02. The topological polar surface area (TPSA) is 12.4 Å². The molecule has 0 atom stereocenters. The number of alkyl halides is 3. The van der Waals surface area contributed by atoms with Gasteiger partial charge in [0, 0.05) is 12.1 Å². The van der Waals surface area contributed by atoms with Crippen LogP contribution in [0, 0.1) is 0 Å². The Morgan fingerprint density at radius 2 is 2.10 bits per heavy atom. The van der Waals surface area contributed by atoms with E-state index in [0.29, 0.717) is 0 Å². The molecule has 0 saturated heterocycles. The van der Waals surface area contributed by atoms with Gasteiger partial charge in [0.05, 0.1) is 0 Å². The lowest BCUT2D eigenvalue weighted by atomic mass is 10.2. The van der Waals surface area contributed by atoms with E-state index < -0.39 is 11.7 Å². The fraction of sp³-hybridized carbons (Fsp3) is 0.167. The Morgan fingerprint density at radius 3 is 2.40 bits per heavy atom. The highest BCUT2D eigenvalue weighted by Crippen LogP contribution is 2.25. The summed E-state index contributed by atoms with van der Waals surface area (Å²) < 4.78 is 35.1. The minimum Gasteiger partial charge on any atom is -0.206 e. The standard InChI is InChI=1S/C6H2F3N/c7-6(8,9)5-1-3-10-4-2-5/h1,3H. The van der Waals surface area contributed by atoms with Gasteiger partial charge < -0.3 is 0 Å². The van der Waals surface area contributed by atoms with Gasteiger partial charge in [-0.3, -0.25) is 0 Å². The number of allylic oxidation sites excluding steroid dienone is 2. The van der Waals surface area contributed by atoms with Crippen LogP contribution in [0.4, 0.5) is 13.2 Å². The predicted molar refractivity (Wildman–Crippen MR) is 29.7 cm³/mol. The number of rotatable bonds is 0. The van der Waals surface area contributed by atoms with Crippen LogP contribution in [0.15, 0.2) is 28.6 Å². The average molecular weight is 145 g/mol. The van der Waals surface area contributed by atoms with Crippen molar-refractivity contribution in [2.45, 2.75) is 6.18 Å². The zero-order chi connectivity index (χ0) is 7.61. The van der Waals surface area contributed by atoms with Gasteiger partial charge >= 0.3 is 6.18 Å². The van der Waals surface area contributed by atoms with Gasteiger partial charge in [0.15, 0.2) is 0 Å². The number of halogens is 3. The lowest BCUT2D eigenvalue weighted by molar-refractivity contribution is -0.0879. The quantitative estimate of drug-likeness (QED) is 0.461. The average Bonchev–Trinajstić information content (AvgIpc) is 1.88. The summed E-state index contributed by atoms with van der Waals surface area (Å²) >= 11 is 0. The Labute approximate surface area is 54.9 Å². The molecule has 1 aliphatic rings. The highest BCUT2D eigenvalue weighted by Gasteiger charge is 2.32. The van der Waals surface area contributed by atoms with Crippen molar-refractivity contribution in [1.82, 2.24) is 0 Å². The zero-order valence-electron chi connectivity index (χ0n) is 4.74. The monoisotopic (exact) mass is 145 g/mol. The molecular formula is C6H2F3N. The molecule has 0 aromatic heterocycles. The van der Waals surface area contributed by atoms with Gasteiger partial charge in [0.2, 0.25) is 0 Å². The Balaban J connectivity index is 3.05. The maximum Gasteiger partial charge on any atom is 0.424 e. The SMILES string of the molecule is FC(F)(F)C1=C=C=NC=C1. The van der Waals surface area contributed by atoms with Crippen LogP contribution in [0.2, 0.25) is 0 Å². The summed E-state index contributed by atoms with van der Waals surface area (Å²) in [6, 6.07) is 0.